The summed E-state index contributed by atoms with van der Waals surface area (Å²) >= 11 is 0. The van der Waals surface area contributed by atoms with E-state index in [-0.39, 0.29) is 12.5 Å². The summed E-state index contributed by atoms with van der Waals surface area (Å²) in [6.45, 7) is 2.45. The van der Waals surface area contributed by atoms with Crippen LogP contribution in [0.15, 0.2) is 30.5 Å². The maximum absolute atomic E-state index is 11.8. The number of nitrogens with one attached hydrogen (secondary N) is 1. The fraction of sp³-hybridized carbons (Fsp3) is 0.308. The lowest BCUT2D eigenvalue weighted by Crippen LogP contribution is -2.28. The largest absolute Gasteiger partial charge is 0.496 e. The van der Waals surface area contributed by atoms with Gasteiger partial charge in [0.05, 0.1) is 19.0 Å². The Hall–Kier alpha value is -2.37. The van der Waals surface area contributed by atoms with Crippen LogP contribution >= 0.6 is 0 Å². The number of para-hydroxylation sites is 1. The van der Waals surface area contributed by atoms with E-state index in [2.05, 4.69) is 15.6 Å². The molecule has 19 heavy (non-hydrogen) atoms. The number of rotatable bonds is 5. The van der Waals surface area contributed by atoms with Gasteiger partial charge in [-0.05, 0) is 13.0 Å². The maximum atomic E-state index is 11.8. The predicted octanol–water partition coefficient (Wildman–Crippen LogP) is 0.912. The van der Waals surface area contributed by atoms with Gasteiger partial charge in [-0.1, -0.05) is 23.4 Å². The topological polar surface area (TPSA) is 69.0 Å². The minimum absolute atomic E-state index is 0.112. The van der Waals surface area contributed by atoms with Crippen LogP contribution in [0.3, 0.4) is 0 Å². The summed E-state index contributed by atoms with van der Waals surface area (Å²) in [6.07, 6.45) is 1.62. The molecule has 100 valence electrons. The van der Waals surface area contributed by atoms with Crippen LogP contribution < -0.4 is 10.1 Å². The zero-order chi connectivity index (χ0) is 13.7. The molecule has 2 rings (SSSR count). The number of benzene rings is 1. The highest BCUT2D eigenvalue weighted by Gasteiger charge is 2.07. The Labute approximate surface area is 111 Å². The third kappa shape index (κ3) is 3.31. The molecule has 0 saturated carbocycles. The number of nitrogens with zero attached hydrogens (tertiary/aromatic N) is 3. The Kier molecular flexibility index (Phi) is 4.12. The van der Waals surface area contributed by atoms with Gasteiger partial charge in [0, 0.05) is 12.1 Å². The van der Waals surface area contributed by atoms with Gasteiger partial charge in [-0.15, -0.1) is 5.10 Å². The highest BCUT2D eigenvalue weighted by Crippen LogP contribution is 2.16. The maximum Gasteiger partial charge on any atom is 0.242 e. The lowest BCUT2D eigenvalue weighted by molar-refractivity contribution is -0.122. The summed E-state index contributed by atoms with van der Waals surface area (Å²) in [5.74, 6) is 0.652. The number of aromatic nitrogens is 3. The van der Waals surface area contributed by atoms with E-state index in [1.165, 1.54) is 0 Å². The Bertz CT molecular complexity index is 565. The third-order valence-corrected chi connectivity index (χ3v) is 2.77. The molecule has 0 aliphatic heterocycles. The number of hydrogen-bond donors (Lipinski definition) is 1. The lowest BCUT2D eigenvalue weighted by Gasteiger charge is -2.09. The van der Waals surface area contributed by atoms with Crippen LogP contribution in [0.25, 0.3) is 0 Å². The molecule has 1 heterocycles. The lowest BCUT2D eigenvalue weighted by atomic mass is 10.2. The highest BCUT2D eigenvalue weighted by molar-refractivity contribution is 5.75. The first-order valence-corrected chi connectivity index (χ1v) is 5.94. The molecule has 1 aromatic heterocycles. The zero-order valence-corrected chi connectivity index (χ0v) is 11.0. The van der Waals surface area contributed by atoms with E-state index in [1.807, 2.05) is 31.2 Å². The summed E-state index contributed by atoms with van der Waals surface area (Å²) in [4.78, 5) is 11.8. The van der Waals surface area contributed by atoms with E-state index in [0.717, 1.165) is 17.0 Å². The van der Waals surface area contributed by atoms with E-state index in [0.29, 0.717) is 6.54 Å². The fourth-order valence-corrected chi connectivity index (χ4v) is 1.70. The molecule has 6 nitrogen and oxygen atoms in total. The van der Waals surface area contributed by atoms with Crippen molar-refractivity contribution in [1.82, 2.24) is 20.3 Å². The van der Waals surface area contributed by atoms with Gasteiger partial charge in [-0.2, -0.15) is 0 Å². The number of hydrogen-bond acceptors (Lipinski definition) is 4. The molecule has 1 amide bonds. The predicted molar refractivity (Wildman–Crippen MR) is 69.6 cm³/mol. The number of carbonyl (C=O) groups excluding carboxylic acids is 1. The van der Waals surface area contributed by atoms with Gasteiger partial charge in [0.2, 0.25) is 5.91 Å². The van der Waals surface area contributed by atoms with Crippen molar-refractivity contribution in [3.8, 4) is 5.75 Å². The number of amides is 1. The van der Waals surface area contributed by atoms with E-state index in [4.69, 9.17) is 4.74 Å². The number of carbonyl (C=O) groups is 1. The number of aryl methyl sites for hydroxylation is 1. The van der Waals surface area contributed by atoms with Crippen molar-refractivity contribution >= 4 is 5.91 Å². The van der Waals surface area contributed by atoms with E-state index >= 15 is 0 Å². The molecular weight excluding hydrogens is 244 g/mol. The number of ether oxygens (including phenoxy) is 1. The van der Waals surface area contributed by atoms with Crippen molar-refractivity contribution in [3.05, 3.63) is 41.7 Å². The van der Waals surface area contributed by atoms with Crippen molar-refractivity contribution in [1.29, 1.82) is 0 Å². The van der Waals surface area contributed by atoms with Gasteiger partial charge >= 0.3 is 0 Å². The van der Waals surface area contributed by atoms with Gasteiger partial charge in [-0.25, -0.2) is 4.68 Å². The minimum atomic E-state index is -0.112. The average molecular weight is 260 g/mol. The van der Waals surface area contributed by atoms with E-state index in [9.17, 15) is 4.79 Å². The van der Waals surface area contributed by atoms with E-state index < -0.39 is 0 Å². The molecule has 0 aliphatic carbocycles. The van der Waals surface area contributed by atoms with Crippen LogP contribution in [-0.2, 0) is 17.9 Å². The first-order valence-electron chi connectivity index (χ1n) is 5.94. The van der Waals surface area contributed by atoms with E-state index in [1.54, 1.807) is 18.0 Å². The molecular formula is C13H16N4O2. The molecule has 0 radical (unpaired) electrons. The van der Waals surface area contributed by atoms with Gasteiger partial charge in [0.15, 0.2) is 0 Å². The Morgan fingerprint density at radius 2 is 2.21 bits per heavy atom. The smallest absolute Gasteiger partial charge is 0.242 e. The Morgan fingerprint density at radius 1 is 1.42 bits per heavy atom. The second-order valence-electron chi connectivity index (χ2n) is 4.12. The standard InChI is InChI=1S/C13H16N4O2/c1-10-7-15-16-17(10)9-13(18)14-8-11-5-3-4-6-12(11)19-2/h3-7H,8-9H2,1-2H3,(H,14,18). The van der Waals surface area contributed by atoms with Crippen LogP contribution in [0.5, 0.6) is 5.75 Å². The van der Waals surface area contributed by atoms with Crippen molar-refractivity contribution in [3.63, 3.8) is 0 Å². The molecule has 0 aliphatic rings. The summed E-state index contributed by atoms with van der Waals surface area (Å²) < 4.78 is 6.78. The van der Waals surface area contributed by atoms with Crippen LogP contribution in [0.1, 0.15) is 11.3 Å². The highest BCUT2D eigenvalue weighted by atomic mass is 16.5. The van der Waals surface area contributed by atoms with Crippen LogP contribution in [0, 0.1) is 6.92 Å². The average Bonchev–Trinajstić information content (AvgIpc) is 2.82. The van der Waals surface area contributed by atoms with Crippen molar-refractivity contribution in [2.75, 3.05) is 7.11 Å². The first-order chi connectivity index (χ1) is 9.20. The molecule has 0 saturated heterocycles. The van der Waals surface area contributed by atoms with Gasteiger partial charge in [0.1, 0.15) is 12.3 Å². The molecule has 2 aromatic rings. The molecule has 0 spiro atoms. The second kappa shape index (κ2) is 5.99. The monoisotopic (exact) mass is 260 g/mol. The molecule has 1 N–H and O–H groups in total. The summed E-state index contributed by atoms with van der Waals surface area (Å²) in [7, 11) is 1.61. The normalized spacial score (nSPS) is 10.2. The fourth-order valence-electron chi connectivity index (χ4n) is 1.70. The van der Waals surface area contributed by atoms with Gasteiger partial charge in [-0.3, -0.25) is 4.79 Å². The Morgan fingerprint density at radius 3 is 2.89 bits per heavy atom. The van der Waals surface area contributed by atoms with Gasteiger partial charge < -0.3 is 10.1 Å². The molecule has 0 unspecified atom stereocenters. The molecule has 6 heteroatoms. The first kappa shape index (κ1) is 13.1. The molecule has 0 fully saturated rings. The van der Waals surface area contributed by atoms with Crippen LogP contribution in [0.2, 0.25) is 0 Å². The summed E-state index contributed by atoms with van der Waals surface area (Å²) in [5, 5.41) is 10.4. The molecule has 1 aromatic carbocycles. The number of methoxy groups -OCH3 is 1. The Balaban J connectivity index is 1.92. The minimum Gasteiger partial charge on any atom is -0.496 e. The second-order valence-corrected chi connectivity index (χ2v) is 4.12. The van der Waals surface area contributed by atoms with Crippen LogP contribution in [-0.4, -0.2) is 28.0 Å². The van der Waals surface area contributed by atoms with Crippen molar-refractivity contribution in [2.45, 2.75) is 20.0 Å². The van der Waals surface area contributed by atoms with Crippen molar-refractivity contribution in [2.24, 2.45) is 0 Å². The molecule has 0 atom stereocenters. The van der Waals surface area contributed by atoms with Crippen molar-refractivity contribution < 1.29 is 9.53 Å². The summed E-state index contributed by atoms with van der Waals surface area (Å²) in [5.41, 5.74) is 1.79. The molecule has 0 bridgehead atoms. The van der Waals surface area contributed by atoms with Gasteiger partial charge in [0.25, 0.3) is 0 Å². The summed E-state index contributed by atoms with van der Waals surface area (Å²) in [6, 6.07) is 7.58. The zero-order valence-electron chi connectivity index (χ0n) is 11.0. The quantitative estimate of drug-likeness (QED) is 0.867. The third-order valence-electron chi connectivity index (χ3n) is 2.77. The SMILES string of the molecule is COc1ccccc1CNC(=O)Cn1nncc1C. The van der Waals surface area contributed by atoms with Crippen LogP contribution in [0.4, 0.5) is 0 Å².